The number of Topliss-reactive ketones (excluding diaryl/α,β-unsaturated/α-hetero) is 1. The summed E-state index contributed by atoms with van der Waals surface area (Å²) in [5.41, 5.74) is 2.47. The van der Waals surface area contributed by atoms with Crippen molar-refractivity contribution in [3.63, 3.8) is 0 Å². The topological polar surface area (TPSA) is 78.0 Å². The second-order valence-electron chi connectivity index (χ2n) is 4.75. The minimum Gasteiger partial charge on any atom is -0.348 e. The molecule has 0 saturated carbocycles. The Morgan fingerprint density at radius 2 is 2.15 bits per heavy atom. The second-order valence-corrected chi connectivity index (χ2v) is 4.75. The van der Waals surface area contributed by atoms with Gasteiger partial charge in [-0.1, -0.05) is 0 Å². The molecule has 0 fully saturated rings. The molecule has 2 aromatic heterocycles. The third-order valence-corrected chi connectivity index (χ3v) is 3.25. The molecule has 0 aliphatic rings. The van der Waals surface area contributed by atoms with Crippen molar-refractivity contribution in [2.24, 2.45) is 0 Å². The van der Waals surface area contributed by atoms with Crippen molar-refractivity contribution in [1.82, 2.24) is 9.55 Å². The summed E-state index contributed by atoms with van der Waals surface area (Å²) in [7, 11) is 0. The lowest BCUT2D eigenvalue weighted by molar-refractivity contribution is -0.386. The number of hydrogen-bond donors (Lipinski definition) is 0. The Labute approximate surface area is 116 Å². The first-order chi connectivity index (χ1) is 9.40. The summed E-state index contributed by atoms with van der Waals surface area (Å²) in [6, 6.07) is 1.72. The summed E-state index contributed by atoms with van der Waals surface area (Å²) < 4.78 is 1.80. The maximum absolute atomic E-state index is 11.2. The fourth-order valence-electron chi connectivity index (χ4n) is 2.13. The van der Waals surface area contributed by atoms with Crippen molar-refractivity contribution < 1.29 is 9.72 Å². The Balaban J connectivity index is 2.36. The van der Waals surface area contributed by atoms with Crippen LogP contribution in [0.15, 0.2) is 24.7 Å². The molecule has 0 aromatic carbocycles. The lowest BCUT2D eigenvalue weighted by Gasteiger charge is -2.08. The molecule has 2 aromatic rings. The van der Waals surface area contributed by atoms with Crippen LogP contribution in [0, 0.1) is 24.0 Å². The van der Waals surface area contributed by atoms with Gasteiger partial charge in [0.15, 0.2) is 5.78 Å². The zero-order chi connectivity index (χ0) is 14.9. The van der Waals surface area contributed by atoms with E-state index >= 15 is 0 Å². The van der Waals surface area contributed by atoms with Crippen LogP contribution in [-0.2, 0) is 6.54 Å². The number of nitro groups is 1. The molecule has 2 rings (SSSR count). The summed E-state index contributed by atoms with van der Waals surface area (Å²) in [5, 5.41) is 11.1. The molecule has 0 amide bonds. The average Bonchev–Trinajstić information content (AvgIpc) is 2.81. The molecule has 0 unspecified atom stereocenters. The molecule has 6 nitrogen and oxygen atoms in total. The first-order valence-corrected chi connectivity index (χ1v) is 6.16. The summed E-state index contributed by atoms with van der Waals surface area (Å²) in [5.74, 6) is -0.0108. The lowest BCUT2D eigenvalue weighted by Crippen LogP contribution is -2.06. The molecule has 0 atom stereocenters. The molecule has 0 aliphatic carbocycles. The maximum Gasteiger partial charge on any atom is 0.278 e. The number of ketones is 1. The van der Waals surface area contributed by atoms with E-state index < -0.39 is 0 Å². The molecule has 104 valence electrons. The number of rotatable bonds is 4. The summed E-state index contributed by atoms with van der Waals surface area (Å²) in [6.45, 7) is 5.27. The van der Waals surface area contributed by atoms with Gasteiger partial charge in [0.05, 0.1) is 22.7 Å². The van der Waals surface area contributed by atoms with Gasteiger partial charge in [-0.15, -0.1) is 0 Å². The molecular weight excluding hydrogens is 258 g/mol. The van der Waals surface area contributed by atoms with Crippen LogP contribution in [0.5, 0.6) is 0 Å². The van der Waals surface area contributed by atoms with E-state index in [2.05, 4.69) is 4.98 Å². The number of carbonyl (C=O) groups excluding carboxylic acids is 1. The molecule has 2 heterocycles. The number of aryl methyl sites for hydroxylation is 1. The van der Waals surface area contributed by atoms with E-state index in [0.717, 1.165) is 0 Å². The van der Waals surface area contributed by atoms with E-state index in [1.807, 2.05) is 0 Å². The summed E-state index contributed by atoms with van der Waals surface area (Å²) in [4.78, 5) is 26.2. The predicted octanol–water partition coefficient (Wildman–Crippen LogP) is 2.66. The monoisotopic (exact) mass is 273 g/mol. The van der Waals surface area contributed by atoms with Crippen LogP contribution in [-0.4, -0.2) is 20.3 Å². The molecule has 0 aliphatic heterocycles. The van der Waals surface area contributed by atoms with Crippen LogP contribution in [0.1, 0.15) is 34.1 Å². The normalized spacial score (nSPS) is 10.6. The minimum atomic E-state index is -0.382. The first-order valence-electron chi connectivity index (χ1n) is 6.16. The molecule has 0 radical (unpaired) electrons. The number of nitrogens with zero attached hydrogens (tertiary/aromatic N) is 3. The number of pyridine rings is 1. The highest BCUT2D eigenvalue weighted by molar-refractivity contribution is 5.93. The Kier molecular flexibility index (Phi) is 3.65. The Morgan fingerprint density at radius 1 is 1.45 bits per heavy atom. The zero-order valence-electron chi connectivity index (χ0n) is 11.6. The van der Waals surface area contributed by atoms with Crippen molar-refractivity contribution in [3.8, 4) is 0 Å². The zero-order valence-corrected chi connectivity index (χ0v) is 11.6. The van der Waals surface area contributed by atoms with E-state index in [9.17, 15) is 14.9 Å². The maximum atomic E-state index is 11.2. The smallest absolute Gasteiger partial charge is 0.278 e. The Hall–Kier alpha value is -2.50. The van der Waals surface area contributed by atoms with Crippen molar-refractivity contribution in [3.05, 3.63) is 57.2 Å². The van der Waals surface area contributed by atoms with Gasteiger partial charge in [0, 0.05) is 29.7 Å². The first kappa shape index (κ1) is 13.9. The third-order valence-electron chi connectivity index (χ3n) is 3.25. The van der Waals surface area contributed by atoms with E-state index in [1.165, 1.54) is 13.1 Å². The molecule has 6 heteroatoms. The van der Waals surface area contributed by atoms with Gasteiger partial charge in [-0.2, -0.15) is 0 Å². The Bertz CT molecular complexity index is 689. The van der Waals surface area contributed by atoms with Gasteiger partial charge in [-0.3, -0.25) is 19.9 Å². The van der Waals surface area contributed by atoms with Crippen LogP contribution in [0.4, 0.5) is 5.69 Å². The van der Waals surface area contributed by atoms with Crippen LogP contribution >= 0.6 is 0 Å². The van der Waals surface area contributed by atoms with E-state index in [1.54, 1.807) is 36.9 Å². The van der Waals surface area contributed by atoms with Crippen molar-refractivity contribution >= 4 is 11.5 Å². The molecule has 0 saturated heterocycles. The van der Waals surface area contributed by atoms with Crippen LogP contribution < -0.4 is 0 Å². The van der Waals surface area contributed by atoms with Crippen molar-refractivity contribution in [1.29, 1.82) is 0 Å². The Morgan fingerprint density at radius 3 is 2.70 bits per heavy atom. The highest BCUT2D eigenvalue weighted by atomic mass is 16.6. The molecular formula is C14H15N3O3. The van der Waals surface area contributed by atoms with E-state index in [-0.39, 0.29) is 16.4 Å². The SMILES string of the molecule is CC(=O)c1ccn(Cc2ncc(C)c([N+](=O)[O-])c2C)c1. The standard InChI is InChI=1S/C14H15N3O3/c1-9-6-15-13(10(2)14(9)17(19)20)8-16-5-4-12(7-16)11(3)18/h4-7H,8H2,1-3H3. The number of aromatic nitrogens is 2. The van der Waals surface area contributed by atoms with Gasteiger partial charge in [-0.25, -0.2) is 0 Å². The van der Waals surface area contributed by atoms with Gasteiger partial charge in [0.1, 0.15) is 0 Å². The second kappa shape index (κ2) is 5.24. The van der Waals surface area contributed by atoms with Gasteiger partial charge in [-0.05, 0) is 26.8 Å². The van der Waals surface area contributed by atoms with Crippen LogP contribution in [0.25, 0.3) is 0 Å². The largest absolute Gasteiger partial charge is 0.348 e. The molecule has 0 spiro atoms. The minimum absolute atomic E-state index is 0.0108. The highest BCUT2D eigenvalue weighted by Crippen LogP contribution is 2.24. The fourth-order valence-corrected chi connectivity index (χ4v) is 2.13. The molecule has 0 N–H and O–H groups in total. The number of hydrogen-bond acceptors (Lipinski definition) is 4. The van der Waals surface area contributed by atoms with Crippen molar-refractivity contribution in [2.45, 2.75) is 27.3 Å². The summed E-state index contributed by atoms with van der Waals surface area (Å²) >= 11 is 0. The van der Waals surface area contributed by atoms with Gasteiger partial charge < -0.3 is 4.57 Å². The van der Waals surface area contributed by atoms with E-state index in [0.29, 0.717) is 28.9 Å². The van der Waals surface area contributed by atoms with Gasteiger partial charge in [0.2, 0.25) is 0 Å². The van der Waals surface area contributed by atoms with Crippen LogP contribution in [0.3, 0.4) is 0 Å². The van der Waals surface area contributed by atoms with Gasteiger partial charge in [0.25, 0.3) is 5.69 Å². The fraction of sp³-hybridized carbons (Fsp3) is 0.286. The van der Waals surface area contributed by atoms with Gasteiger partial charge >= 0.3 is 0 Å². The molecule has 0 bridgehead atoms. The quantitative estimate of drug-likeness (QED) is 0.487. The van der Waals surface area contributed by atoms with Crippen molar-refractivity contribution in [2.75, 3.05) is 0 Å². The van der Waals surface area contributed by atoms with E-state index in [4.69, 9.17) is 0 Å². The van der Waals surface area contributed by atoms with Crippen LogP contribution in [0.2, 0.25) is 0 Å². The summed E-state index contributed by atoms with van der Waals surface area (Å²) in [6.07, 6.45) is 4.99. The highest BCUT2D eigenvalue weighted by Gasteiger charge is 2.18. The lowest BCUT2D eigenvalue weighted by atomic mass is 10.1. The molecule has 20 heavy (non-hydrogen) atoms. The third kappa shape index (κ3) is 2.59. The average molecular weight is 273 g/mol. The number of carbonyl (C=O) groups is 1. The predicted molar refractivity (Wildman–Crippen MR) is 73.9 cm³/mol.